The van der Waals surface area contributed by atoms with Gasteiger partial charge in [0, 0.05) is 12.8 Å². The Bertz CT molecular complexity index is 589. The second kappa shape index (κ2) is 31.3. The summed E-state index contributed by atoms with van der Waals surface area (Å²) in [6.45, 7) is 8.79. The number of aliphatic hydroxyl groups is 1. The van der Waals surface area contributed by atoms with Crippen LogP contribution in [0.5, 0.6) is 0 Å². The SMILES string of the molecule is CC(C)CCCCCCCCCCCCCCCCCC(=O)OC[C@H](CO)OC(=O)CCCCCCCCCC(C)C. The zero-order chi connectivity index (χ0) is 31.1. The Morgan fingerprint density at radius 3 is 1.12 bits per heavy atom. The fourth-order valence-corrected chi connectivity index (χ4v) is 5.45. The molecule has 0 aliphatic carbocycles. The lowest BCUT2D eigenvalue weighted by atomic mass is 10.0. The highest BCUT2D eigenvalue weighted by Crippen LogP contribution is 2.16. The lowest BCUT2D eigenvalue weighted by molar-refractivity contribution is -0.161. The van der Waals surface area contributed by atoms with Gasteiger partial charge in [0.25, 0.3) is 0 Å². The van der Waals surface area contributed by atoms with Gasteiger partial charge < -0.3 is 14.6 Å². The number of unbranched alkanes of at least 4 members (excludes halogenated alkanes) is 20. The minimum Gasteiger partial charge on any atom is -0.462 e. The van der Waals surface area contributed by atoms with Crippen molar-refractivity contribution in [1.29, 1.82) is 0 Å². The molecule has 0 rings (SSSR count). The molecule has 42 heavy (non-hydrogen) atoms. The molecule has 250 valence electrons. The van der Waals surface area contributed by atoms with Crippen LogP contribution < -0.4 is 0 Å². The molecule has 0 aromatic rings. The number of carbonyl (C=O) groups excluding carboxylic acids is 2. The summed E-state index contributed by atoms with van der Waals surface area (Å²) in [6, 6.07) is 0. The molecule has 1 N–H and O–H groups in total. The van der Waals surface area contributed by atoms with Crippen molar-refractivity contribution in [1.82, 2.24) is 0 Å². The first-order chi connectivity index (χ1) is 20.3. The molecule has 0 aromatic carbocycles. The molecule has 0 aromatic heterocycles. The van der Waals surface area contributed by atoms with E-state index in [1.807, 2.05) is 0 Å². The van der Waals surface area contributed by atoms with E-state index in [-0.39, 0.29) is 25.2 Å². The van der Waals surface area contributed by atoms with Crippen molar-refractivity contribution in [2.45, 2.75) is 201 Å². The predicted octanol–water partition coefficient (Wildman–Crippen LogP) is 10.9. The van der Waals surface area contributed by atoms with E-state index in [0.29, 0.717) is 12.8 Å². The van der Waals surface area contributed by atoms with Gasteiger partial charge in [-0.3, -0.25) is 9.59 Å². The Balaban J connectivity index is 3.50. The van der Waals surface area contributed by atoms with Gasteiger partial charge in [0.2, 0.25) is 0 Å². The molecular formula is C37H72O5. The van der Waals surface area contributed by atoms with E-state index in [9.17, 15) is 14.7 Å². The standard InChI is InChI=1S/C37H72O5/c1-33(2)27-23-19-15-12-10-8-6-5-7-9-11-13-17-21-25-29-36(39)41-32-35(31-38)42-37(40)30-26-22-18-14-16-20-24-28-34(3)4/h33-35,38H,5-32H2,1-4H3/t35-/m0/s1. The van der Waals surface area contributed by atoms with Crippen molar-refractivity contribution in [2.24, 2.45) is 11.8 Å². The number of hydrogen-bond acceptors (Lipinski definition) is 5. The summed E-state index contributed by atoms with van der Waals surface area (Å²) >= 11 is 0. The second-order valence-corrected chi connectivity index (χ2v) is 13.6. The first kappa shape index (κ1) is 40.9. The van der Waals surface area contributed by atoms with Gasteiger partial charge in [0.15, 0.2) is 6.10 Å². The number of aliphatic hydroxyl groups excluding tert-OH is 1. The van der Waals surface area contributed by atoms with Gasteiger partial charge in [0.1, 0.15) is 6.61 Å². The molecule has 0 saturated carbocycles. The molecule has 0 aliphatic heterocycles. The zero-order valence-electron chi connectivity index (χ0n) is 28.6. The van der Waals surface area contributed by atoms with E-state index in [1.165, 1.54) is 122 Å². The lowest BCUT2D eigenvalue weighted by Crippen LogP contribution is -2.28. The number of rotatable bonds is 32. The predicted molar refractivity (Wildman–Crippen MR) is 178 cm³/mol. The Labute approximate surface area is 261 Å². The Morgan fingerprint density at radius 1 is 0.476 bits per heavy atom. The maximum Gasteiger partial charge on any atom is 0.306 e. The fourth-order valence-electron chi connectivity index (χ4n) is 5.45. The molecule has 0 saturated heterocycles. The molecule has 0 amide bonds. The monoisotopic (exact) mass is 597 g/mol. The molecule has 0 radical (unpaired) electrons. The van der Waals surface area contributed by atoms with Crippen molar-refractivity contribution in [3.05, 3.63) is 0 Å². The first-order valence-electron chi connectivity index (χ1n) is 18.3. The molecule has 0 heterocycles. The van der Waals surface area contributed by atoms with Crippen LogP contribution in [0.15, 0.2) is 0 Å². The van der Waals surface area contributed by atoms with Gasteiger partial charge in [-0.2, -0.15) is 0 Å². The van der Waals surface area contributed by atoms with Crippen molar-refractivity contribution in [3.63, 3.8) is 0 Å². The van der Waals surface area contributed by atoms with Gasteiger partial charge in [-0.15, -0.1) is 0 Å². The first-order valence-corrected chi connectivity index (χ1v) is 18.3. The average molecular weight is 597 g/mol. The van der Waals surface area contributed by atoms with Gasteiger partial charge in [-0.1, -0.05) is 169 Å². The summed E-state index contributed by atoms with van der Waals surface area (Å²) in [6.07, 6.45) is 30.3. The smallest absolute Gasteiger partial charge is 0.306 e. The zero-order valence-corrected chi connectivity index (χ0v) is 28.6. The highest BCUT2D eigenvalue weighted by Gasteiger charge is 2.16. The molecular weight excluding hydrogens is 524 g/mol. The Kier molecular flexibility index (Phi) is 30.5. The number of carbonyl (C=O) groups is 2. The summed E-state index contributed by atoms with van der Waals surface area (Å²) in [5.41, 5.74) is 0. The minimum absolute atomic E-state index is 0.0598. The van der Waals surface area contributed by atoms with E-state index < -0.39 is 6.10 Å². The van der Waals surface area contributed by atoms with Crippen LogP contribution in [-0.4, -0.2) is 36.4 Å². The molecule has 1 atom stereocenters. The van der Waals surface area contributed by atoms with E-state index >= 15 is 0 Å². The molecule has 0 unspecified atom stereocenters. The quantitative estimate of drug-likeness (QED) is 0.0617. The Hall–Kier alpha value is -1.10. The van der Waals surface area contributed by atoms with Gasteiger partial charge in [-0.05, 0) is 24.7 Å². The summed E-state index contributed by atoms with van der Waals surface area (Å²) in [5.74, 6) is 1.06. The van der Waals surface area contributed by atoms with Crippen molar-refractivity contribution >= 4 is 11.9 Å². The van der Waals surface area contributed by atoms with Crippen molar-refractivity contribution in [3.8, 4) is 0 Å². The van der Waals surface area contributed by atoms with E-state index in [2.05, 4.69) is 27.7 Å². The van der Waals surface area contributed by atoms with Gasteiger partial charge >= 0.3 is 11.9 Å². The summed E-state index contributed by atoms with van der Waals surface area (Å²) < 4.78 is 10.6. The molecule has 0 aliphatic rings. The van der Waals surface area contributed by atoms with Crippen LogP contribution in [0.3, 0.4) is 0 Å². The third-order valence-corrected chi connectivity index (χ3v) is 8.26. The topological polar surface area (TPSA) is 72.8 Å². The number of esters is 2. The van der Waals surface area contributed by atoms with Crippen molar-refractivity contribution < 1.29 is 24.2 Å². The maximum absolute atomic E-state index is 12.1. The normalized spacial score (nSPS) is 12.3. The average Bonchev–Trinajstić information content (AvgIpc) is 2.95. The Morgan fingerprint density at radius 2 is 0.786 bits per heavy atom. The number of ether oxygens (including phenoxy) is 2. The van der Waals surface area contributed by atoms with Crippen LogP contribution in [0.25, 0.3) is 0 Å². The van der Waals surface area contributed by atoms with Gasteiger partial charge in [0.05, 0.1) is 6.61 Å². The summed E-state index contributed by atoms with van der Waals surface area (Å²) in [7, 11) is 0. The summed E-state index contributed by atoms with van der Waals surface area (Å²) in [4.78, 5) is 24.1. The van der Waals surface area contributed by atoms with E-state index in [4.69, 9.17) is 9.47 Å². The highest BCUT2D eigenvalue weighted by molar-refractivity contribution is 5.70. The van der Waals surface area contributed by atoms with Crippen molar-refractivity contribution in [2.75, 3.05) is 13.2 Å². The van der Waals surface area contributed by atoms with Gasteiger partial charge in [-0.25, -0.2) is 0 Å². The van der Waals surface area contributed by atoms with Crippen LogP contribution in [0.2, 0.25) is 0 Å². The fraction of sp³-hybridized carbons (Fsp3) is 0.946. The lowest BCUT2D eigenvalue weighted by Gasteiger charge is -2.15. The van der Waals surface area contributed by atoms with Crippen LogP contribution in [0.4, 0.5) is 0 Å². The minimum atomic E-state index is -0.762. The molecule has 5 nitrogen and oxygen atoms in total. The largest absolute Gasteiger partial charge is 0.462 e. The summed E-state index contributed by atoms with van der Waals surface area (Å²) in [5, 5.41) is 9.50. The van der Waals surface area contributed by atoms with Crippen LogP contribution in [0.1, 0.15) is 195 Å². The number of hydrogen-bond donors (Lipinski definition) is 1. The molecule has 0 spiro atoms. The van der Waals surface area contributed by atoms with Crippen LogP contribution >= 0.6 is 0 Å². The maximum atomic E-state index is 12.1. The molecule has 5 heteroatoms. The molecule has 0 bridgehead atoms. The third kappa shape index (κ3) is 31.8. The van der Waals surface area contributed by atoms with Crippen LogP contribution in [-0.2, 0) is 19.1 Å². The second-order valence-electron chi connectivity index (χ2n) is 13.6. The third-order valence-electron chi connectivity index (χ3n) is 8.26. The van der Waals surface area contributed by atoms with E-state index in [0.717, 1.165) is 43.9 Å². The van der Waals surface area contributed by atoms with E-state index in [1.54, 1.807) is 0 Å². The van der Waals surface area contributed by atoms with Crippen LogP contribution in [0, 0.1) is 11.8 Å². The highest BCUT2D eigenvalue weighted by atomic mass is 16.6. The molecule has 0 fully saturated rings.